The number of aryl methyl sites for hydroxylation is 1. The molecule has 3 nitrogen and oxygen atoms in total. The molecule has 1 aliphatic carbocycles. The molecule has 106 valence electrons. The molecule has 0 radical (unpaired) electrons. The molecule has 1 aromatic carbocycles. The summed E-state index contributed by atoms with van der Waals surface area (Å²) >= 11 is 0. The Hall–Kier alpha value is -1.35. The number of benzene rings is 1. The minimum Gasteiger partial charge on any atom is -0.348 e. The number of rotatable bonds is 2. The van der Waals surface area contributed by atoms with Gasteiger partial charge in [-0.3, -0.25) is 4.79 Å². The Labute approximate surface area is 120 Å². The predicted molar refractivity (Wildman–Crippen MR) is 78.9 cm³/mol. The van der Waals surface area contributed by atoms with Crippen LogP contribution in [0.15, 0.2) is 18.2 Å². The summed E-state index contributed by atoms with van der Waals surface area (Å²) in [6, 6.07) is 6.58. The number of nitrogens with one attached hydrogen (secondary N) is 1. The lowest BCUT2D eigenvalue weighted by Crippen LogP contribution is -2.57. The molecule has 1 N–H and O–H groups in total. The van der Waals surface area contributed by atoms with E-state index in [0.29, 0.717) is 12.0 Å². The molecule has 20 heavy (non-hydrogen) atoms. The summed E-state index contributed by atoms with van der Waals surface area (Å²) in [5.41, 5.74) is 3.61. The van der Waals surface area contributed by atoms with Crippen molar-refractivity contribution < 1.29 is 4.79 Å². The highest BCUT2D eigenvalue weighted by Gasteiger charge is 2.35. The molecule has 0 saturated carbocycles. The van der Waals surface area contributed by atoms with Gasteiger partial charge >= 0.3 is 0 Å². The van der Waals surface area contributed by atoms with Gasteiger partial charge in [-0.05, 0) is 68.3 Å². The van der Waals surface area contributed by atoms with Crippen LogP contribution in [0.25, 0.3) is 0 Å². The second-order valence-electron chi connectivity index (χ2n) is 6.51. The molecule has 3 saturated heterocycles. The predicted octanol–water partition coefficient (Wildman–Crippen LogP) is 2.00. The molecule has 0 unspecified atom stereocenters. The van der Waals surface area contributed by atoms with Crippen LogP contribution < -0.4 is 5.32 Å². The van der Waals surface area contributed by atoms with Gasteiger partial charge in [0.25, 0.3) is 5.91 Å². The van der Waals surface area contributed by atoms with Crippen molar-refractivity contribution in [3.8, 4) is 0 Å². The standard InChI is InChI=1S/C17H22N2O/c20-17(15-6-2-4-12-3-1-5-14(12)15)18-16-11-19-9-7-13(16)8-10-19/h2,4,6,13,16H,1,3,5,7-11H2,(H,18,20)/t16-/m1/s1. The van der Waals surface area contributed by atoms with E-state index in [1.165, 1.54) is 43.5 Å². The van der Waals surface area contributed by atoms with E-state index < -0.39 is 0 Å². The van der Waals surface area contributed by atoms with Crippen LogP contribution in [0.2, 0.25) is 0 Å². The van der Waals surface area contributed by atoms with Crippen molar-refractivity contribution in [1.82, 2.24) is 10.2 Å². The van der Waals surface area contributed by atoms with Crippen LogP contribution in [0, 0.1) is 5.92 Å². The van der Waals surface area contributed by atoms with E-state index in [2.05, 4.69) is 16.3 Å². The van der Waals surface area contributed by atoms with Gasteiger partial charge < -0.3 is 10.2 Å². The van der Waals surface area contributed by atoms with Crippen molar-refractivity contribution in [1.29, 1.82) is 0 Å². The number of amides is 1. The number of carbonyl (C=O) groups is 1. The van der Waals surface area contributed by atoms with Gasteiger partial charge in [0.1, 0.15) is 0 Å². The summed E-state index contributed by atoms with van der Waals surface area (Å²) in [5, 5.41) is 3.32. The maximum absolute atomic E-state index is 12.6. The lowest BCUT2D eigenvalue weighted by atomic mass is 9.84. The SMILES string of the molecule is O=C(N[C@@H]1CN2CCC1CC2)c1cccc2c1CCC2. The summed E-state index contributed by atoms with van der Waals surface area (Å²) in [4.78, 5) is 15.1. The highest BCUT2D eigenvalue weighted by atomic mass is 16.1. The second kappa shape index (κ2) is 4.88. The molecule has 3 heteroatoms. The molecule has 1 atom stereocenters. The number of carbonyl (C=O) groups excluding carboxylic acids is 1. The Kier molecular flexibility index (Phi) is 3.03. The van der Waals surface area contributed by atoms with Crippen molar-refractivity contribution in [3.05, 3.63) is 34.9 Å². The highest BCUT2D eigenvalue weighted by molar-refractivity contribution is 5.96. The smallest absolute Gasteiger partial charge is 0.251 e. The average molecular weight is 270 g/mol. The molecule has 4 aliphatic rings. The first kappa shape index (κ1) is 12.4. The lowest BCUT2D eigenvalue weighted by molar-refractivity contribution is 0.0620. The largest absolute Gasteiger partial charge is 0.348 e. The molecule has 1 aromatic rings. The van der Waals surface area contributed by atoms with Crippen molar-refractivity contribution >= 4 is 5.91 Å². The topological polar surface area (TPSA) is 32.3 Å². The van der Waals surface area contributed by atoms with E-state index in [9.17, 15) is 4.79 Å². The molecule has 3 heterocycles. The van der Waals surface area contributed by atoms with Gasteiger partial charge in [-0.2, -0.15) is 0 Å². The van der Waals surface area contributed by atoms with Crippen LogP contribution in [0.1, 0.15) is 40.7 Å². The van der Waals surface area contributed by atoms with E-state index in [1.54, 1.807) is 0 Å². The zero-order valence-electron chi connectivity index (χ0n) is 11.9. The molecule has 2 bridgehead atoms. The fraction of sp³-hybridized carbons (Fsp3) is 0.588. The third-order valence-electron chi connectivity index (χ3n) is 5.36. The Morgan fingerprint density at radius 3 is 2.80 bits per heavy atom. The Morgan fingerprint density at radius 1 is 1.20 bits per heavy atom. The van der Waals surface area contributed by atoms with Gasteiger partial charge in [-0.25, -0.2) is 0 Å². The van der Waals surface area contributed by atoms with Crippen LogP contribution in [0.5, 0.6) is 0 Å². The van der Waals surface area contributed by atoms with Crippen LogP contribution in [0.3, 0.4) is 0 Å². The van der Waals surface area contributed by atoms with Gasteiger partial charge in [0, 0.05) is 18.2 Å². The Balaban J connectivity index is 1.52. The quantitative estimate of drug-likeness (QED) is 0.891. The van der Waals surface area contributed by atoms with E-state index >= 15 is 0 Å². The highest BCUT2D eigenvalue weighted by Crippen LogP contribution is 2.29. The fourth-order valence-electron chi connectivity index (χ4n) is 4.21. The molecule has 5 rings (SSSR count). The van der Waals surface area contributed by atoms with Gasteiger partial charge in [-0.15, -0.1) is 0 Å². The molecule has 3 aliphatic heterocycles. The van der Waals surface area contributed by atoms with Crippen LogP contribution in [-0.2, 0) is 12.8 Å². The maximum Gasteiger partial charge on any atom is 0.251 e. The normalized spacial score (nSPS) is 31.1. The number of hydrogen-bond acceptors (Lipinski definition) is 2. The third kappa shape index (κ3) is 2.05. The minimum atomic E-state index is 0.155. The number of piperidine rings is 3. The van der Waals surface area contributed by atoms with Gasteiger partial charge in [0.15, 0.2) is 0 Å². The van der Waals surface area contributed by atoms with Crippen molar-refractivity contribution in [2.45, 2.75) is 38.1 Å². The average Bonchev–Trinajstić information content (AvgIpc) is 2.96. The summed E-state index contributed by atoms with van der Waals surface area (Å²) in [7, 11) is 0. The maximum atomic E-state index is 12.6. The summed E-state index contributed by atoms with van der Waals surface area (Å²) in [6.45, 7) is 3.49. The number of nitrogens with zero attached hydrogens (tertiary/aromatic N) is 1. The van der Waals surface area contributed by atoms with Crippen LogP contribution >= 0.6 is 0 Å². The monoisotopic (exact) mass is 270 g/mol. The lowest BCUT2D eigenvalue weighted by Gasteiger charge is -2.45. The van der Waals surface area contributed by atoms with E-state index in [0.717, 1.165) is 24.9 Å². The van der Waals surface area contributed by atoms with Gasteiger partial charge in [0.05, 0.1) is 0 Å². The Bertz CT molecular complexity index is 532. The van der Waals surface area contributed by atoms with Crippen LogP contribution in [0.4, 0.5) is 0 Å². The summed E-state index contributed by atoms with van der Waals surface area (Å²) < 4.78 is 0. The van der Waals surface area contributed by atoms with Crippen LogP contribution in [-0.4, -0.2) is 36.5 Å². The molecular formula is C17H22N2O. The molecule has 1 amide bonds. The minimum absolute atomic E-state index is 0.155. The first-order valence-electron chi connectivity index (χ1n) is 7.95. The van der Waals surface area contributed by atoms with Crippen molar-refractivity contribution in [3.63, 3.8) is 0 Å². The zero-order valence-corrected chi connectivity index (χ0v) is 11.9. The number of fused-ring (bicyclic) bond motifs is 4. The number of hydrogen-bond donors (Lipinski definition) is 1. The molecule has 0 aromatic heterocycles. The zero-order chi connectivity index (χ0) is 13.5. The first-order chi connectivity index (χ1) is 9.81. The molecule has 0 spiro atoms. The van der Waals surface area contributed by atoms with E-state index in [-0.39, 0.29) is 5.91 Å². The van der Waals surface area contributed by atoms with E-state index in [1.807, 2.05) is 12.1 Å². The Morgan fingerprint density at radius 2 is 2.05 bits per heavy atom. The summed E-state index contributed by atoms with van der Waals surface area (Å²) in [6.07, 6.45) is 5.89. The summed E-state index contributed by atoms with van der Waals surface area (Å²) in [5.74, 6) is 0.850. The van der Waals surface area contributed by atoms with Gasteiger partial charge in [0.2, 0.25) is 0 Å². The van der Waals surface area contributed by atoms with Gasteiger partial charge in [-0.1, -0.05) is 12.1 Å². The van der Waals surface area contributed by atoms with Crippen molar-refractivity contribution in [2.75, 3.05) is 19.6 Å². The third-order valence-corrected chi connectivity index (χ3v) is 5.36. The van der Waals surface area contributed by atoms with E-state index in [4.69, 9.17) is 0 Å². The first-order valence-corrected chi connectivity index (χ1v) is 7.95. The molecule has 3 fully saturated rings. The molecular weight excluding hydrogens is 248 g/mol. The fourth-order valence-corrected chi connectivity index (χ4v) is 4.21. The van der Waals surface area contributed by atoms with Crippen molar-refractivity contribution in [2.24, 2.45) is 5.92 Å². The second-order valence-corrected chi connectivity index (χ2v) is 6.51.